The Morgan fingerprint density at radius 1 is 0.415 bits per heavy atom. The first-order chi connectivity index (χ1) is 24.5. The smallest absolute Gasteiger partial charge is 0.305 e. The highest BCUT2D eigenvalue weighted by Crippen LogP contribution is 2.29. The predicted octanol–water partition coefficient (Wildman–Crippen LogP) is 11.8. The molecule has 8 nitrogen and oxygen atoms in total. The molecule has 53 heavy (non-hydrogen) atoms. The van der Waals surface area contributed by atoms with E-state index in [1.54, 1.807) is 0 Å². The molecule has 0 radical (unpaired) electrons. The predicted molar refractivity (Wildman–Crippen MR) is 219 cm³/mol. The molecule has 0 heterocycles. The molecule has 0 aromatic heterocycles. The molecule has 0 bridgehead atoms. The van der Waals surface area contributed by atoms with E-state index in [1.165, 1.54) is 32.1 Å². The van der Waals surface area contributed by atoms with E-state index in [1.807, 2.05) is 0 Å². The van der Waals surface area contributed by atoms with E-state index in [2.05, 4.69) is 88.4 Å². The van der Waals surface area contributed by atoms with Crippen LogP contribution < -0.4 is 5.32 Å². The van der Waals surface area contributed by atoms with Crippen molar-refractivity contribution in [3.05, 3.63) is 0 Å². The number of ether oxygens (including phenoxy) is 3. The van der Waals surface area contributed by atoms with E-state index in [4.69, 9.17) is 14.2 Å². The van der Waals surface area contributed by atoms with Crippen LogP contribution in [0.4, 0.5) is 0 Å². The maximum Gasteiger partial charge on any atom is 0.305 e. The van der Waals surface area contributed by atoms with E-state index in [0.717, 1.165) is 57.8 Å². The van der Waals surface area contributed by atoms with Crippen molar-refractivity contribution in [2.75, 3.05) is 19.8 Å². The fourth-order valence-corrected chi connectivity index (χ4v) is 6.50. The lowest BCUT2D eigenvalue weighted by molar-refractivity contribution is -0.159. The zero-order valence-corrected chi connectivity index (χ0v) is 36.8. The lowest BCUT2D eigenvalue weighted by Gasteiger charge is -2.33. The summed E-state index contributed by atoms with van der Waals surface area (Å²) < 4.78 is 17.3. The summed E-state index contributed by atoms with van der Waals surface area (Å²) in [5.74, 6) is -1.42. The van der Waals surface area contributed by atoms with Crippen LogP contribution in [0.5, 0.6) is 0 Å². The molecule has 0 aliphatic rings. The highest BCUT2D eigenvalue weighted by molar-refractivity contribution is 5.77. The molecular weight excluding hydrogens is 666 g/mol. The molecule has 0 rings (SSSR count). The number of hydrogen-bond donors (Lipinski definition) is 1. The van der Waals surface area contributed by atoms with Crippen molar-refractivity contribution in [2.45, 2.75) is 223 Å². The van der Waals surface area contributed by atoms with Crippen LogP contribution in [0.25, 0.3) is 0 Å². The molecule has 312 valence electrons. The summed E-state index contributed by atoms with van der Waals surface area (Å²) in [7, 11) is 0. The first-order valence-corrected chi connectivity index (χ1v) is 21.2. The van der Waals surface area contributed by atoms with Crippen LogP contribution in [-0.2, 0) is 33.4 Å². The summed E-state index contributed by atoms with van der Waals surface area (Å²) in [4.78, 5) is 52.3. The van der Waals surface area contributed by atoms with Gasteiger partial charge in [0.05, 0.1) is 0 Å². The monoisotopic (exact) mass is 752 g/mol. The minimum Gasteiger partial charge on any atom is -0.463 e. The maximum absolute atomic E-state index is 13.5. The summed E-state index contributed by atoms with van der Waals surface area (Å²) in [5, 5.41) is 3.02. The maximum atomic E-state index is 13.5. The summed E-state index contributed by atoms with van der Waals surface area (Å²) in [6.45, 7) is 25.5. The van der Waals surface area contributed by atoms with Crippen molar-refractivity contribution >= 4 is 23.8 Å². The van der Waals surface area contributed by atoms with Crippen LogP contribution in [0.2, 0.25) is 0 Å². The Kier molecular flexibility index (Phi) is 24.8. The van der Waals surface area contributed by atoms with Gasteiger partial charge in [0, 0.05) is 25.7 Å². The molecule has 0 aromatic carbocycles. The Bertz CT molecular complexity index is 993. The molecular formula is C45H85NO7. The van der Waals surface area contributed by atoms with Gasteiger partial charge in [-0.2, -0.15) is 0 Å². The summed E-state index contributed by atoms with van der Waals surface area (Å²) >= 11 is 0. The zero-order valence-electron chi connectivity index (χ0n) is 36.8. The average molecular weight is 752 g/mol. The van der Waals surface area contributed by atoms with E-state index >= 15 is 0 Å². The van der Waals surface area contributed by atoms with Crippen molar-refractivity contribution in [3.8, 4) is 0 Å². The fraction of sp³-hybridized carbons (Fsp3) is 0.911. The zero-order chi connectivity index (χ0) is 40.6. The van der Waals surface area contributed by atoms with Crippen molar-refractivity contribution < 1.29 is 33.4 Å². The summed E-state index contributed by atoms with van der Waals surface area (Å²) in [6, 6.07) is 0. The highest BCUT2D eigenvalue weighted by Gasteiger charge is 2.37. The topological polar surface area (TPSA) is 108 Å². The van der Waals surface area contributed by atoms with Crippen LogP contribution in [0.3, 0.4) is 0 Å². The minimum absolute atomic E-state index is 0.0885. The molecule has 0 aliphatic carbocycles. The SMILES string of the molecule is CCCC(C)(C)CCCC(=O)OCC(COC(=O)CCCC(C)(C)C)(COC(=O)CCCC(C)(C)C)NC(=O)CCCCCCCCCCC(C)(C)C. The lowest BCUT2D eigenvalue weighted by atomic mass is 9.83. The number of carbonyl (C=O) groups excluding carboxylic acids is 4. The highest BCUT2D eigenvalue weighted by atomic mass is 16.6. The van der Waals surface area contributed by atoms with Crippen LogP contribution in [0.1, 0.15) is 218 Å². The normalized spacial score (nSPS) is 12.8. The molecule has 0 aromatic rings. The second-order valence-corrected chi connectivity index (χ2v) is 20.3. The number of unbranched alkanes of at least 4 members (excludes halogenated alkanes) is 7. The number of nitrogens with one attached hydrogen (secondary N) is 1. The summed E-state index contributed by atoms with van der Waals surface area (Å²) in [6.07, 6.45) is 18.0. The van der Waals surface area contributed by atoms with Gasteiger partial charge in [-0.25, -0.2) is 0 Å². The lowest BCUT2D eigenvalue weighted by Crippen LogP contribution is -2.59. The molecule has 8 heteroatoms. The quantitative estimate of drug-likeness (QED) is 0.0460. The van der Waals surface area contributed by atoms with Crippen LogP contribution >= 0.6 is 0 Å². The van der Waals surface area contributed by atoms with Crippen LogP contribution in [0.15, 0.2) is 0 Å². The number of rotatable bonds is 29. The van der Waals surface area contributed by atoms with Gasteiger partial charge in [-0.3, -0.25) is 19.2 Å². The number of esters is 3. The van der Waals surface area contributed by atoms with E-state index in [-0.39, 0.29) is 73.6 Å². The molecule has 1 N–H and O–H groups in total. The third kappa shape index (κ3) is 31.9. The number of carbonyl (C=O) groups is 4. The molecule has 0 atom stereocenters. The Morgan fingerprint density at radius 3 is 1.13 bits per heavy atom. The van der Waals surface area contributed by atoms with E-state index in [9.17, 15) is 19.2 Å². The second kappa shape index (κ2) is 25.9. The third-order valence-electron chi connectivity index (χ3n) is 9.79. The van der Waals surface area contributed by atoms with Gasteiger partial charge in [-0.05, 0) is 79.4 Å². The van der Waals surface area contributed by atoms with E-state index < -0.39 is 17.5 Å². The third-order valence-corrected chi connectivity index (χ3v) is 9.79. The Hall–Kier alpha value is -2.12. The van der Waals surface area contributed by atoms with Gasteiger partial charge in [-0.1, -0.05) is 134 Å². The van der Waals surface area contributed by atoms with Crippen molar-refractivity contribution in [2.24, 2.45) is 21.7 Å². The molecule has 0 fully saturated rings. The van der Waals surface area contributed by atoms with Crippen molar-refractivity contribution in [1.29, 1.82) is 0 Å². The van der Waals surface area contributed by atoms with Gasteiger partial charge >= 0.3 is 17.9 Å². The van der Waals surface area contributed by atoms with Gasteiger partial charge in [0.15, 0.2) is 0 Å². The van der Waals surface area contributed by atoms with Crippen LogP contribution in [0, 0.1) is 21.7 Å². The molecule has 0 unspecified atom stereocenters. The van der Waals surface area contributed by atoms with Crippen molar-refractivity contribution in [1.82, 2.24) is 5.32 Å². The Balaban J connectivity index is 5.62. The molecule has 0 saturated heterocycles. The first-order valence-electron chi connectivity index (χ1n) is 21.2. The van der Waals surface area contributed by atoms with Gasteiger partial charge < -0.3 is 19.5 Å². The van der Waals surface area contributed by atoms with Crippen molar-refractivity contribution in [3.63, 3.8) is 0 Å². The van der Waals surface area contributed by atoms with Gasteiger partial charge in [0.25, 0.3) is 0 Å². The number of hydrogen-bond acceptors (Lipinski definition) is 7. The molecule has 1 amide bonds. The van der Waals surface area contributed by atoms with Gasteiger partial charge in [0.1, 0.15) is 25.4 Å². The van der Waals surface area contributed by atoms with Gasteiger partial charge in [0.2, 0.25) is 5.91 Å². The standard InChI is InChI=1S/C45H85NO7/c1-13-29-44(11,12)33-24-28-40(50)53-36-45(34-51-38(48)26-22-31-42(5,6)7,35-52-39(49)27-23-32-43(8,9)10)46-37(47)25-20-18-16-14-15-17-19-21-30-41(2,3)4/h13-36H2,1-12H3,(H,46,47). The Labute approximate surface area is 326 Å². The first kappa shape index (κ1) is 50.9. The largest absolute Gasteiger partial charge is 0.463 e. The number of amides is 1. The molecule has 0 spiro atoms. The fourth-order valence-electron chi connectivity index (χ4n) is 6.50. The molecule has 0 aliphatic heterocycles. The molecule has 0 saturated carbocycles. The average Bonchev–Trinajstić information content (AvgIpc) is 3.00. The van der Waals surface area contributed by atoms with Gasteiger partial charge in [-0.15, -0.1) is 0 Å². The summed E-state index contributed by atoms with van der Waals surface area (Å²) in [5.41, 5.74) is -0.676. The van der Waals surface area contributed by atoms with Crippen LogP contribution in [-0.4, -0.2) is 49.2 Å². The Morgan fingerprint density at radius 2 is 0.755 bits per heavy atom. The second-order valence-electron chi connectivity index (χ2n) is 20.3. The minimum atomic E-state index is -1.39. The van der Waals surface area contributed by atoms with E-state index in [0.29, 0.717) is 24.7 Å².